The van der Waals surface area contributed by atoms with Crippen LogP contribution in [-0.4, -0.2) is 22.3 Å². The van der Waals surface area contributed by atoms with Gasteiger partial charge in [-0.3, -0.25) is 4.79 Å². The molecule has 0 unspecified atom stereocenters. The minimum absolute atomic E-state index is 0.0105. The molecule has 3 rings (SSSR count). The number of hydrogen-bond acceptors (Lipinski definition) is 4. The highest BCUT2D eigenvalue weighted by Crippen LogP contribution is 2.20. The molecule has 1 aromatic heterocycles. The van der Waals surface area contributed by atoms with E-state index in [2.05, 4.69) is 26.3 Å². The van der Waals surface area contributed by atoms with Crippen LogP contribution in [0.25, 0.3) is 5.69 Å². The Hall–Kier alpha value is -3.11. The normalized spacial score (nSPS) is 10.4. The standard InChI is InChI=1S/C21H19BrN4O2/c1-14-20(15(2)26(25-14)18-8-6-17(22)7-9-18)21(27)24-13-16-4-3-5-19(12-16)28-11-10-23/h3-9,12H,11,13H2,1-2H3,(H,24,27). The lowest BCUT2D eigenvalue weighted by atomic mass is 10.1. The van der Waals surface area contributed by atoms with E-state index >= 15 is 0 Å². The van der Waals surface area contributed by atoms with E-state index in [0.29, 0.717) is 23.6 Å². The lowest BCUT2D eigenvalue weighted by Gasteiger charge is -2.08. The van der Waals surface area contributed by atoms with Crippen molar-refractivity contribution in [2.45, 2.75) is 20.4 Å². The van der Waals surface area contributed by atoms with Crippen molar-refractivity contribution >= 4 is 21.8 Å². The second-order valence-corrected chi connectivity index (χ2v) is 7.13. The fourth-order valence-electron chi connectivity index (χ4n) is 2.94. The number of amides is 1. The fraction of sp³-hybridized carbons (Fsp3) is 0.190. The van der Waals surface area contributed by atoms with Gasteiger partial charge in [0, 0.05) is 11.0 Å². The molecule has 142 valence electrons. The predicted molar refractivity (Wildman–Crippen MR) is 109 cm³/mol. The Labute approximate surface area is 171 Å². The van der Waals surface area contributed by atoms with E-state index < -0.39 is 0 Å². The summed E-state index contributed by atoms with van der Waals surface area (Å²) in [5.74, 6) is 0.422. The van der Waals surface area contributed by atoms with Crippen LogP contribution in [0.2, 0.25) is 0 Å². The van der Waals surface area contributed by atoms with Gasteiger partial charge in [0.15, 0.2) is 6.61 Å². The van der Waals surface area contributed by atoms with Gasteiger partial charge in [0.2, 0.25) is 0 Å². The van der Waals surface area contributed by atoms with Crippen molar-refractivity contribution < 1.29 is 9.53 Å². The maximum Gasteiger partial charge on any atom is 0.255 e. The monoisotopic (exact) mass is 438 g/mol. The molecule has 28 heavy (non-hydrogen) atoms. The van der Waals surface area contributed by atoms with E-state index in [0.717, 1.165) is 21.4 Å². The van der Waals surface area contributed by atoms with Crippen molar-refractivity contribution in [1.82, 2.24) is 15.1 Å². The smallest absolute Gasteiger partial charge is 0.255 e. The zero-order valence-corrected chi connectivity index (χ0v) is 17.2. The molecule has 1 amide bonds. The van der Waals surface area contributed by atoms with Gasteiger partial charge >= 0.3 is 0 Å². The summed E-state index contributed by atoms with van der Waals surface area (Å²) in [6, 6.07) is 17.0. The number of hydrogen-bond donors (Lipinski definition) is 1. The van der Waals surface area contributed by atoms with Crippen LogP contribution in [0.4, 0.5) is 0 Å². The molecule has 3 aromatic rings. The molecule has 7 heteroatoms. The molecule has 0 aliphatic rings. The molecule has 0 aliphatic carbocycles. The van der Waals surface area contributed by atoms with E-state index in [-0.39, 0.29) is 12.5 Å². The van der Waals surface area contributed by atoms with Gasteiger partial charge in [0.1, 0.15) is 11.8 Å². The van der Waals surface area contributed by atoms with Crippen LogP contribution >= 0.6 is 15.9 Å². The third kappa shape index (κ3) is 4.41. The first-order chi connectivity index (χ1) is 13.5. The summed E-state index contributed by atoms with van der Waals surface area (Å²) in [4.78, 5) is 12.8. The number of aromatic nitrogens is 2. The quantitative estimate of drug-likeness (QED) is 0.628. The zero-order chi connectivity index (χ0) is 20.1. The van der Waals surface area contributed by atoms with Crippen molar-refractivity contribution in [3.05, 3.63) is 75.5 Å². The van der Waals surface area contributed by atoms with Crippen LogP contribution < -0.4 is 10.1 Å². The SMILES string of the molecule is Cc1nn(-c2ccc(Br)cc2)c(C)c1C(=O)NCc1cccc(OCC#N)c1. The molecule has 0 spiro atoms. The topological polar surface area (TPSA) is 79.9 Å². The largest absolute Gasteiger partial charge is 0.479 e. The minimum Gasteiger partial charge on any atom is -0.479 e. The number of carbonyl (C=O) groups is 1. The van der Waals surface area contributed by atoms with Crippen LogP contribution in [0.1, 0.15) is 27.3 Å². The molecule has 2 aromatic carbocycles. The van der Waals surface area contributed by atoms with Gasteiger partial charge in [-0.25, -0.2) is 4.68 Å². The fourth-order valence-corrected chi connectivity index (χ4v) is 3.20. The summed E-state index contributed by atoms with van der Waals surface area (Å²) in [7, 11) is 0. The number of carbonyl (C=O) groups excluding carboxylic acids is 1. The number of nitrogens with one attached hydrogen (secondary N) is 1. The average Bonchev–Trinajstić information content (AvgIpc) is 2.99. The van der Waals surface area contributed by atoms with Crippen molar-refractivity contribution in [3.63, 3.8) is 0 Å². The second-order valence-electron chi connectivity index (χ2n) is 6.21. The van der Waals surface area contributed by atoms with Gasteiger partial charge < -0.3 is 10.1 Å². The molecule has 0 radical (unpaired) electrons. The number of ether oxygens (including phenoxy) is 1. The van der Waals surface area contributed by atoms with Crippen molar-refractivity contribution in [2.75, 3.05) is 6.61 Å². The van der Waals surface area contributed by atoms with Gasteiger partial charge in [-0.1, -0.05) is 28.1 Å². The summed E-state index contributed by atoms with van der Waals surface area (Å²) in [6.45, 7) is 4.05. The third-order valence-corrected chi connectivity index (χ3v) is 4.77. The molecule has 0 saturated carbocycles. The maximum atomic E-state index is 12.8. The van der Waals surface area contributed by atoms with Gasteiger partial charge in [0.25, 0.3) is 5.91 Å². The molecular formula is C21H19BrN4O2. The first-order valence-corrected chi connectivity index (χ1v) is 9.48. The number of nitriles is 1. The van der Waals surface area contributed by atoms with E-state index in [1.54, 1.807) is 10.7 Å². The lowest BCUT2D eigenvalue weighted by molar-refractivity contribution is 0.0949. The van der Waals surface area contributed by atoms with E-state index in [4.69, 9.17) is 10.00 Å². The highest BCUT2D eigenvalue weighted by Gasteiger charge is 2.19. The summed E-state index contributed by atoms with van der Waals surface area (Å²) in [6.07, 6.45) is 0. The summed E-state index contributed by atoms with van der Waals surface area (Å²) >= 11 is 3.42. The predicted octanol–water partition coefficient (Wildman–Crippen LogP) is 4.08. The van der Waals surface area contributed by atoms with Crippen LogP contribution in [0.5, 0.6) is 5.75 Å². The van der Waals surface area contributed by atoms with Gasteiger partial charge in [-0.2, -0.15) is 10.4 Å². The summed E-state index contributed by atoms with van der Waals surface area (Å²) < 4.78 is 8.05. The number of aryl methyl sites for hydroxylation is 1. The number of rotatable bonds is 6. The number of benzene rings is 2. The molecule has 1 N–H and O–H groups in total. The van der Waals surface area contributed by atoms with Gasteiger partial charge in [-0.15, -0.1) is 0 Å². The maximum absolute atomic E-state index is 12.8. The molecule has 6 nitrogen and oxygen atoms in total. The van der Waals surface area contributed by atoms with Crippen LogP contribution in [0.15, 0.2) is 53.0 Å². The Morgan fingerprint density at radius 3 is 2.71 bits per heavy atom. The molecule has 0 bridgehead atoms. The first-order valence-electron chi connectivity index (χ1n) is 8.68. The summed E-state index contributed by atoms with van der Waals surface area (Å²) in [5.41, 5.74) is 3.80. The highest BCUT2D eigenvalue weighted by atomic mass is 79.9. The van der Waals surface area contributed by atoms with Gasteiger partial charge in [0.05, 0.1) is 22.6 Å². The molecule has 0 fully saturated rings. The zero-order valence-electron chi connectivity index (χ0n) is 15.6. The van der Waals surface area contributed by atoms with Gasteiger partial charge in [-0.05, 0) is 55.8 Å². The van der Waals surface area contributed by atoms with Crippen molar-refractivity contribution in [1.29, 1.82) is 5.26 Å². The minimum atomic E-state index is -0.179. The Morgan fingerprint density at radius 2 is 2.00 bits per heavy atom. The van der Waals surface area contributed by atoms with Crippen molar-refractivity contribution in [2.24, 2.45) is 0 Å². The van der Waals surface area contributed by atoms with E-state index in [1.807, 2.05) is 62.4 Å². The molecule has 1 heterocycles. The van der Waals surface area contributed by atoms with Crippen LogP contribution in [-0.2, 0) is 6.54 Å². The lowest BCUT2D eigenvalue weighted by Crippen LogP contribution is -2.24. The Kier molecular flexibility index (Phi) is 6.12. The first kappa shape index (κ1) is 19.6. The molecule has 0 atom stereocenters. The Morgan fingerprint density at radius 1 is 1.25 bits per heavy atom. The second kappa shape index (κ2) is 8.72. The Balaban J connectivity index is 1.75. The molecule has 0 aliphatic heterocycles. The molecular weight excluding hydrogens is 420 g/mol. The van der Waals surface area contributed by atoms with E-state index in [9.17, 15) is 4.79 Å². The van der Waals surface area contributed by atoms with E-state index in [1.165, 1.54) is 0 Å². The Bertz CT molecular complexity index is 1040. The molecule has 0 saturated heterocycles. The third-order valence-electron chi connectivity index (χ3n) is 4.24. The van der Waals surface area contributed by atoms with Crippen LogP contribution in [0, 0.1) is 25.2 Å². The number of halogens is 1. The average molecular weight is 439 g/mol. The number of nitrogens with zero attached hydrogens (tertiary/aromatic N) is 3. The van der Waals surface area contributed by atoms with Crippen LogP contribution in [0.3, 0.4) is 0 Å². The van der Waals surface area contributed by atoms with Crippen molar-refractivity contribution in [3.8, 4) is 17.5 Å². The summed E-state index contributed by atoms with van der Waals surface area (Å²) in [5, 5.41) is 16.1. The highest BCUT2D eigenvalue weighted by molar-refractivity contribution is 9.10.